The monoisotopic (exact) mass is 598 g/mol. The van der Waals surface area contributed by atoms with E-state index in [1.54, 1.807) is 36.4 Å². The molecule has 3 rings (SSSR count). The summed E-state index contributed by atoms with van der Waals surface area (Å²) in [7, 11) is 0.105. The number of hydrogen-bond donors (Lipinski definition) is 2. The van der Waals surface area contributed by atoms with Crippen LogP contribution in [0.15, 0.2) is 76.7 Å². The van der Waals surface area contributed by atoms with Crippen molar-refractivity contribution >= 4 is 33.7 Å². The predicted molar refractivity (Wildman–Crippen MR) is 158 cm³/mol. The van der Waals surface area contributed by atoms with Crippen molar-refractivity contribution in [3.05, 3.63) is 72.3 Å². The Morgan fingerprint density at radius 3 is 2.10 bits per heavy atom. The van der Waals surface area contributed by atoms with Crippen LogP contribution in [0.4, 0.5) is 5.69 Å². The van der Waals surface area contributed by atoms with E-state index in [-0.39, 0.29) is 34.9 Å². The molecule has 13 heteroatoms. The molecular weight excluding hydrogens is 564 g/mol. The Labute approximate surface area is 245 Å². The molecule has 42 heavy (non-hydrogen) atoms. The van der Waals surface area contributed by atoms with Crippen LogP contribution < -0.4 is 34.0 Å². The fourth-order valence-electron chi connectivity index (χ4n) is 3.68. The van der Waals surface area contributed by atoms with Crippen LogP contribution in [0.25, 0.3) is 0 Å². The highest BCUT2D eigenvalue weighted by Gasteiger charge is 2.28. The Morgan fingerprint density at radius 1 is 0.857 bits per heavy atom. The van der Waals surface area contributed by atoms with Crippen molar-refractivity contribution in [3.8, 4) is 23.0 Å². The molecule has 0 atom stereocenters. The zero-order valence-corrected chi connectivity index (χ0v) is 24.8. The minimum atomic E-state index is -4.22. The first-order chi connectivity index (χ1) is 20.1. The third-order valence-corrected chi connectivity index (χ3v) is 7.46. The predicted octanol–water partition coefficient (Wildman–Crippen LogP) is 2.96. The molecule has 0 spiro atoms. The van der Waals surface area contributed by atoms with E-state index >= 15 is 0 Å². The quantitative estimate of drug-likeness (QED) is 0.213. The number of nitrogens with zero attached hydrogens (tertiary/aromatic N) is 2. The van der Waals surface area contributed by atoms with Crippen molar-refractivity contribution in [3.63, 3.8) is 0 Å². The van der Waals surface area contributed by atoms with Crippen LogP contribution in [0.2, 0.25) is 0 Å². The Bertz CT molecular complexity index is 1490. The number of nitrogens with one attached hydrogen (secondary N) is 2. The second kappa shape index (κ2) is 14.7. The molecular formula is C29H34N4O8S. The summed E-state index contributed by atoms with van der Waals surface area (Å²) in [6.45, 7) is 3.04. The first-order valence-corrected chi connectivity index (χ1v) is 14.2. The van der Waals surface area contributed by atoms with Crippen LogP contribution in [-0.4, -0.2) is 67.0 Å². The second-order valence-electron chi connectivity index (χ2n) is 9.10. The maximum Gasteiger partial charge on any atom is 0.264 e. The number of hydrazone groups is 1. The minimum Gasteiger partial charge on any atom is -0.497 e. The lowest BCUT2D eigenvalue weighted by Gasteiger charge is -2.24. The number of benzene rings is 3. The first kappa shape index (κ1) is 31.7. The molecule has 0 saturated heterocycles. The highest BCUT2D eigenvalue weighted by molar-refractivity contribution is 7.92. The van der Waals surface area contributed by atoms with Crippen molar-refractivity contribution < 1.29 is 37.0 Å². The summed E-state index contributed by atoms with van der Waals surface area (Å²) >= 11 is 0. The van der Waals surface area contributed by atoms with Gasteiger partial charge in [0.05, 0.1) is 38.1 Å². The Balaban J connectivity index is 1.73. The number of ether oxygens (including phenoxy) is 4. The van der Waals surface area contributed by atoms with Gasteiger partial charge in [0.1, 0.15) is 18.0 Å². The van der Waals surface area contributed by atoms with Gasteiger partial charge in [-0.1, -0.05) is 0 Å². The molecule has 2 N–H and O–H groups in total. The normalized spacial score (nSPS) is 11.2. The largest absolute Gasteiger partial charge is 0.497 e. The van der Waals surface area contributed by atoms with Crippen LogP contribution in [0.1, 0.15) is 19.4 Å². The highest BCUT2D eigenvalue weighted by Crippen LogP contribution is 2.32. The lowest BCUT2D eigenvalue weighted by Crippen LogP contribution is -2.39. The van der Waals surface area contributed by atoms with Gasteiger partial charge in [0.15, 0.2) is 18.1 Å². The summed E-state index contributed by atoms with van der Waals surface area (Å²) < 4.78 is 49.5. The van der Waals surface area contributed by atoms with Gasteiger partial charge in [0.2, 0.25) is 0 Å². The van der Waals surface area contributed by atoms with Gasteiger partial charge >= 0.3 is 0 Å². The van der Waals surface area contributed by atoms with E-state index in [1.807, 2.05) is 13.8 Å². The molecule has 0 fully saturated rings. The van der Waals surface area contributed by atoms with Crippen LogP contribution in [0, 0.1) is 0 Å². The maximum atomic E-state index is 13.7. The summed E-state index contributed by atoms with van der Waals surface area (Å²) in [4.78, 5) is 24.5. The fraction of sp³-hybridized carbons (Fsp3) is 0.276. The molecule has 12 nitrogen and oxygen atoms in total. The SMILES string of the molecule is COc1ccc(N(CC(=O)N/N=C/c2ccc(OCC(=O)NC(C)C)cc2)S(=O)(=O)c2ccc(OC)c(OC)c2)cc1. The number of carbonyl (C=O) groups is 2. The lowest BCUT2D eigenvalue weighted by molar-refractivity contribution is -0.123. The Kier molecular flexibility index (Phi) is 11.1. The van der Waals surface area contributed by atoms with Gasteiger partial charge in [-0.15, -0.1) is 0 Å². The maximum absolute atomic E-state index is 13.7. The van der Waals surface area contributed by atoms with E-state index in [1.165, 1.54) is 57.9 Å². The van der Waals surface area contributed by atoms with Crippen LogP contribution >= 0.6 is 0 Å². The number of rotatable bonds is 14. The van der Waals surface area contributed by atoms with Gasteiger partial charge in [-0.05, 0) is 80.1 Å². The Morgan fingerprint density at radius 2 is 1.50 bits per heavy atom. The second-order valence-corrected chi connectivity index (χ2v) is 11.0. The molecule has 0 aliphatic rings. The molecule has 0 aliphatic carbocycles. The summed E-state index contributed by atoms with van der Waals surface area (Å²) in [5, 5.41) is 6.69. The summed E-state index contributed by atoms with van der Waals surface area (Å²) in [5.74, 6) is 0.683. The average molecular weight is 599 g/mol. The van der Waals surface area contributed by atoms with Gasteiger partial charge in [-0.25, -0.2) is 13.8 Å². The molecule has 3 aromatic carbocycles. The van der Waals surface area contributed by atoms with Crippen molar-refractivity contribution in [2.24, 2.45) is 5.10 Å². The van der Waals surface area contributed by atoms with E-state index in [0.717, 1.165) is 4.31 Å². The molecule has 0 aliphatic heterocycles. The van der Waals surface area contributed by atoms with E-state index < -0.39 is 22.5 Å². The highest BCUT2D eigenvalue weighted by atomic mass is 32.2. The molecule has 0 aromatic heterocycles. The van der Waals surface area contributed by atoms with E-state index in [4.69, 9.17) is 18.9 Å². The minimum absolute atomic E-state index is 0.0178. The molecule has 224 valence electrons. The number of methoxy groups -OCH3 is 3. The topological polar surface area (TPSA) is 145 Å². The van der Waals surface area contributed by atoms with Gasteiger partial charge in [-0.3, -0.25) is 13.9 Å². The first-order valence-electron chi connectivity index (χ1n) is 12.8. The number of amides is 2. The average Bonchev–Trinajstić information content (AvgIpc) is 2.98. The van der Waals surface area contributed by atoms with Crippen molar-refractivity contribution in [2.75, 3.05) is 38.8 Å². The smallest absolute Gasteiger partial charge is 0.264 e. The van der Waals surface area contributed by atoms with Crippen molar-refractivity contribution in [1.29, 1.82) is 0 Å². The van der Waals surface area contributed by atoms with Gasteiger partial charge < -0.3 is 24.3 Å². The van der Waals surface area contributed by atoms with Crippen LogP contribution in [0.5, 0.6) is 23.0 Å². The van der Waals surface area contributed by atoms with Crippen molar-refractivity contribution in [2.45, 2.75) is 24.8 Å². The number of sulfonamides is 1. The summed E-state index contributed by atoms with van der Waals surface area (Å²) in [5.41, 5.74) is 3.24. The molecule has 3 aromatic rings. The van der Waals surface area contributed by atoms with Gasteiger partial charge in [0.25, 0.3) is 21.8 Å². The number of hydrogen-bond acceptors (Lipinski definition) is 9. The van der Waals surface area contributed by atoms with Gasteiger partial charge in [-0.2, -0.15) is 5.10 Å². The zero-order valence-electron chi connectivity index (χ0n) is 24.0. The van der Waals surface area contributed by atoms with Crippen molar-refractivity contribution in [1.82, 2.24) is 10.7 Å². The molecule has 0 heterocycles. The zero-order chi connectivity index (χ0) is 30.7. The molecule has 2 amide bonds. The lowest BCUT2D eigenvalue weighted by atomic mass is 10.2. The third-order valence-electron chi connectivity index (χ3n) is 5.69. The Hall–Kier alpha value is -4.78. The van der Waals surface area contributed by atoms with E-state index in [0.29, 0.717) is 22.8 Å². The third kappa shape index (κ3) is 8.61. The summed E-state index contributed by atoms with van der Waals surface area (Å²) in [6, 6.07) is 17.1. The van der Waals surface area contributed by atoms with Crippen LogP contribution in [0.3, 0.4) is 0 Å². The van der Waals surface area contributed by atoms with E-state index in [2.05, 4.69) is 15.8 Å². The molecule has 0 bridgehead atoms. The standard InChI is InChI=1S/C29H34N4O8S/c1-20(2)31-29(35)19-41-24-10-6-21(7-11-24)17-30-32-28(34)18-33(22-8-12-23(38-3)13-9-22)42(36,37)25-14-15-26(39-4)27(16-25)40-5/h6-17,20H,18-19H2,1-5H3,(H,31,35)(H,32,34)/b30-17+. The summed E-state index contributed by atoms with van der Waals surface area (Å²) in [6.07, 6.45) is 1.40. The fourth-order valence-corrected chi connectivity index (χ4v) is 5.11. The number of carbonyl (C=O) groups excluding carboxylic acids is 2. The molecule has 0 radical (unpaired) electrons. The van der Waals surface area contributed by atoms with Crippen LogP contribution in [-0.2, 0) is 19.6 Å². The number of anilines is 1. The molecule has 0 unspecified atom stereocenters. The van der Waals surface area contributed by atoms with E-state index in [9.17, 15) is 18.0 Å². The van der Waals surface area contributed by atoms with Gasteiger partial charge in [0, 0.05) is 12.1 Å². The molecule has 0 saturated carbocycles.